The van der Waals surface area contributed by atoms with Crippen LogP contribution in [-0.4, -0.2) is 15.7 Å². The number of hydrogen-bond acceptors (Lipinski definition) is 2. The van der Waals surface area contributed by atoms with Gasteiger partial charge in [-0.05, 0) is 48.7 Å². The molecule has 0 fully saturated rings. The van der Waals surface area contributed by atoms with Gasteiger partial charge in [-0.2, -0.15) is 5.10 Å². The quantitative estimate of drug-likeness (QED) is 0.436. The number of aryl methyl sites for hydroxylation is 1. The summed E-state index contributed by atoms with van der Waals surface area (Å²) in [5.74, 6) is 0.226. The topological polar surface area (TPSA) is 46.9 Å². The minimum Gasteiger partial charge on any atom is -0.321 e. The lowest BCUT2D eigenvalue weighted by atomic mass is 10.0. The molecule has 4 heteroatoms. The third-order valence-electron chi connectivity index (χ3n) is 5.13. The van der Waals surface area contributed by atoms with Crippen molar-refractivity contribution in [1.29, 1.82) is 0 Å². The molecule has 0 unspecified atom stereocenters. The zero-order valence-electron chi connectivity index (χ0n) is 17.5. The van der Waals surface area contributed by atoms with Crippen LogP contribution in [0.1, 0.15) is 41.4 Å². The van der Waals surface area contributed by atoms with Crippen LogP contribution >= 0.6 is 0 Å². The Morgan fingerprint density at radius 1 is 0.900 bits per heavy atom. The van der Waals surface area contributed by atoms with Crippen molar-refractivity contribution in [3.63, 3.8) is 0 Å². The Morgan fingerprint density at radius 2 is 1.57 bits per heavy atom. The van der Waals surface area contributed by atoms with Crippen molar-refractivity contribution in [3.05, 3.63) is 102 Å². The maximum absolute atomic E-state index is 12.9. The van der Waals surface area contributed by atoms with Crippen LogP contribution < -0.4 is 5.32 Å². The minimum atomic E-state index is -0.227. The standard InChI is InChI=1S/C26H25N3O/c1-18(2)20-13-15-22(16-14-20)27-26(30)24-17-25(21-11-9-19(3)10-12-21)29(28-24)23-7-5-4-6-8-23/h4-18H,1-3H3,(H,27,30). The predicted octanol–water partition coefficient (Wildman–Crippen LogP) is 6.22. The molecule has 0 radical (unpaired) electrons. The first kappa shape index (κ1) is 19.6. The lowest BCUT2D eigenvalue weighted by molar-refractivity contribution is 0.102. The number of carbonyl (C=O) groups is 1. The van der Waals surface area contributed by atoms with E-state index < -0.39 is 0 Å². The third-order valence-corrected chi connectivity index (χ3v) is 5.13. The zero-order valence-corrected chi connectivity index (χ0v) is 17.5. The number of nitrogens with one attached hydrogen (secondary N) is 1. The molecular weight excluding hydrogens is 370 g/mol. The highest BCUT2D eigenvalue weighted by Gasteiger charge is 2.17. The molecular formula is C26H25N3O. The Kier molecular flexibility index (Phi) is 5.48. The van der Waals surface area contributed by atoms with Gasteiger partial charge < -0.3 is 5.32 Å². The predicted molar refractivity (Wildman–Crippen MR) is 122 cm³/mol. The molecule has 4 aromatic rings. The van der Waals surface area contributed by atoms with E-state index in [0.29, 0.717) is 11.6 Å². The molecule has 0 aliphatic rings. The lowest BCUT2D eigenvalue weighted by Gasteiger charge is -2.08. The van der Waals surface area contributed by atoms with Crippen molar-refractivity contribution in [2.45, 2.75) is 26.7 Å². The molecule has 4 rings (SSSR count). The second kappa shape index (κ2) is 8.37. The first-order valence-electron chi connectivity index (χ1n) is 10.1. The average molecular weight is 396 g/mol. The molecule has 0 atom stereocenters. The van der Waals surface area contributed by atoms with Gasteiger partial charge in [0, 0.05) is 11.3 Å². The van der Waals surface area contributed by atoms with E-state index in [0.717, 1.165) is 22.6 Å². The molecule has 1 amide bonds. The second-order valence-electron chi connectivity index (χ2n) is 7.76. The summed E-state index contributed by atoms with van der Waals surface area (Å²) in [5.41, 5.74) is 6.36. The number of nitrogens with zero attached hydrogens (tertiary/aromatic N) is 2. The number of benzene rings is 3. The molecule has 0 saturated carbocycles. The highest BCUT2D eigenvalue weighted by atomic mass is 16.1. The summed E-state index contributed by atoms with van der Waals surface area (Å²) < 4.78 is 1.82. The Bertz CT molecular complexity index is 1140. The highest BCUT2D eigenvalue weighted by molar-refractivity contribution is 6.03. The van der Waals surface area contributed by atoms with Crippen molar-refractivity contribution in [3.8, 4) is 16.9 Å². The molecule has 1 N–H and O–H groups in total. The van der Waals surface area contributed by atoms with Crippen LogP contribution in [0.4, 0.5) is 5.69 Å². The molecule has 1 aromatic heterocycles. The Labute approximate surface area is 177 Å². The molecule has 1 heterocycles. The van der Waals surface area contributed by atoms with Crippen molar-refractivity contribution < 1.29 is 4.79 Å². The molecule has 0 saturated heterocycles. The molecule has 3 aromatic carbocycles. The van der Waals surface area contributed by atoms with Crippen LogP contribution in [0.3, 0.4) is 0 Å². The maximum Gasteiger partial charge on any atom is 0.276 e. The first-order valence-corrected chi connectivity index (χ1v) is 10.1. The van der Waals surface area contributed by atoms with Crippen molar-refractivity contribution in [2.75, 3.05) is 5.32 Å². The number of hydrogen-bond donors (Lipinski definition) is 1. The summed E-state index contributed by atoms with van der Waals surface area (Å²) in [5, 5.41) is 7.59. The van der Waals surface area contributed by atoms with Gasteiger partial charge in [-0.3, -0.25) is 4.79 Å². The fourth-order valence-electron chi connectivity index (χ4n) is 3.33. The molecule has 150 valence electrons. The van der Waals surface area contributed by atoms with Crippen LogP contribution in [0.5, 0.6) is 0 Å². The van der Waals surface area contributed by atoms with Crippen molar-refractivity contribution >= 4 is 11.6 Å². The van der Waals surface area contributed by atoms with Crippen LogP contribution in [0.2, 0.25) is 0 Å². The first-order chi connectivity index (χ1) is 14.5. The molecule has 0 spiro atoms. The van der Waals surface area contributed by atoms with E-state index in [-0.39, 0.29) is 5.91 Å². The average Bonchev–Trinajstić information content (AvgIpc) is 3.21. The molecule has 0 aliphatic heterocycles. The van der Waals surface area contributed by atoms with Gasteiger partial charge in [0.2, 0.25) is 0 Å². The zero-order chi connectivity index (χ0) is 21.1. The van der Waals surface area contributed by atoms with Gasteiger partial charge >= 0.3 is 0 Å². The van der Waals surface area contributed by atoms with Gasteiger partial charge in [0.1, 0.15) is 0 Å². The fourth-order valence-corrected chi connectivity index (χ4v) is 3.33. The van der Waals surface area contributed by atoms with Crippen LogP contribution in [-0.2, 0) is 0 Å². The Morgan fingerprint density at radius 3 is 2.20 bits per heavy atom. The normalized spacial score (nSPS) is 10.9. The highest BCUT2D eigenvalue weighted by Crippen LogP contribution is 2.25. The van der Waals surface area contributed by atoms with E-state index in [9.17, 15) is 4.79 Å². The summed E-state index contributed by atoms with van der Waals surface area (Å²) in [4.78, 5) is 12.9. The minimum absolute atomic E-state index is 0.227. The number of carbonyl (C=O) groups excluding carboxylic acids is 1. The Hall–Kier alpha value is -3.66. The molecule has 0 aliphatic carbocycles. The van der Waals surface area contributed by atoms with Gasteiger partial charge in [-0.25, -0.2) is 4.68 Å². The summed E-state index contributed by atoms with van der Waals surface area (Å²) in [6, 6.07) is 27.9. The SMILES string of the molecule is Cc1ccc(-c2cc(C(=O)Nc3ccc(C(C)C)cc3)nn2-c2ccccc2)cc1. The lowest BCUT2D eigenvalue weighted by Crippen LogP contribution is -2.13. The summed E-state index contributed by atoms with van der Waals surface area (Å²) in [7, 11) is 0. The number of para-hydroxylation sites is 1. The smallest absolute Gasteiger partial charge is 0.276 e. The van der Waals surface area contributed by atoms with E-state index in [2.05, 4.69) is 55.5 Å². The monoisotopic (exact) mass is 395 g/mol. The van der Waals surface area contributed by atoms with E-state index >= 15 is 0 Å². The van der Waals surface area contributed by atoms with Gasteiger partial charge in [-0.1, -0.05) is 74.0 Å². The number of amides is 1. The maximum atomic E-state index is 12.9. The fraction of sp³-hybridized carbons (Fsp3) is 0.154. The van der Waals surface area contributed by atoms with Crippen LogP contribution in [0.15, 0.2) is 84.9 Å². The van der Waals surface area contributed by atoms with E-state index in [1.807, 2.05) is 65.3 Å². The Balaban J connectivity index is 1.68. The van der Waals surface area contributed by atoms with Gasteiger partial charge in [0.15, 0.2) is 5.69 Å². The number of anilines is 1. The molecule has 0 bridgehead atoms. The van der Waals surface area contributed by atoms with Gasteiger partial charge in [-0.15, -0.1) is 0 Å². The van der Waals surface area contributed by atoms with E-state index in [1.165, 1.54) is 11.1 Å². The molecule has 4 nitrogen and oxygen atoms in total. The summed E-state index contributed by atoms with van der Waals surface area (Å²) >= 11 is 0. The summed E-state index contributed by atoms with van der Waals surface area (Å²) in [6.07, 6.45) is 0. The van der Waals surface area contributed by atoms with Crippen LogP contribution in [0, 0.1) is 6.92 Å². The van der Waals surface area contributed by atoms with E-state index in [4.69, 9.17) is 0 Å². The number of rotatable bonds is 5. The third kappa shape index (κ3) is 4.18. The van der Waals surface area contributed by atoms with Crippen molar-refractivity contribution in [2.24, 2.45) is 0 Å². The van der Waals surface area contributed by atoms with Crippen molar-refractivity contribution in [1.82, 2.24) is 9.78 Å². The largest absolute Gasteiger partial charge is 0.321 e. The van der Waals surface area contributed by atoms with Crippen LogP contribution in [0.25, 0.3) is 16.9 Å². The van der Waals surface area contributed by atoms with Gasteiger partial charge in [0.05, 0.1) is 11.4 Å². The van der Waals surface area contributed by atoms with Gasteiger partial charge in [0.25, 0.3) is 5.91 Å². The second-order valence-corrected chi connectivity index (χ2v) is 7.76. The summed E-state index contributed by atoms with van der Waals surface area (Å²) in [6.45, 7) is 6.36. The molecule has 30 heavy (non-hydrogen) atoms. The number of aromatic nitrogens is 2. The van der Waals surface area contributed by atoms with E-state index in [1.54, 1.807) is 0 Å².